The Balaban J connectivity index is 0.000001000. The molecule has 0 amide bonds. The van der Waals surface area contributed by atoms with Gasteiger partial charge in [-0.3, -0.25) is 0 Å². The first-order valence-corrected chi connectivity index (χ1v) is 2.73. The predicted molar refractivity (Wildman–Crippen MR) is 43.6 cm³/mol. The molecule has 60 valence electrons. The Morgan fingerprint density at radius 2 is 1.82 bits per heavy atom. The van der Waals surface area contributed by atoms with Crippen molar-refractivity contribution in [2.75, 3.05) is 0 Å². The van der Waals surface area contributed by atoms with E-state index in [1.807, 2.05) is 0 Å². The molecule has 11 heavy (non-hydrogen) atoms. The minimum atomic E-state index is -1.11. The second kappa shape index (κ2) is 4.01. The second-order valence-corrected chi connectivity index (χ2v) is 1.82. The van der Waals surface area contributed by atoms with Crippen molar-refractivity contribution in [1.82, 2.24) is 0 Å². The molecular formula is C7H8O3Se. The fourth-order valence-corrected chi connectivity index (χ4v) is 0.654. The number of aromatic hydroxyl groups is 1. The van der Waals surface area contributed by atoms with Gasteiger partial charge in [0.2, 0.25) is 0 Å². The summed E-state index contributed by atoms with van der Waals surface area (Å²) in [5.74, 6) is -1.31. The summed E-state index contributed by atoms with van der Waals surface area (Å²) < 4.78 is 0. The topological polar surface area (TPSA) is 57.5 Å². The molecule has 0 aliphatic rings. The second-order valence-electron chi connectivity index (χ2n) is 1.82. The Bertz CT molecular complexity index is 260. The van der Waals surface area contributed by atoms with E-state index in [0.717, 1.165) is 0 Å². The maximum absolute atomic E-state index is 10.3. The van der Waals surface area contributed by atoms with E-state index in [2.05, 4.69) is 0 Å². The zero-order chi connectivity index (χ0) is 7.56. The van der Waals surface area contributed by atoms with Crippen LogP contribution < -0.4 is 0 Å². The summed E-state index contributed by atoms with van der Waals surface area (Å²) in [7, 11) is 0. The molecule has 2 N–H and O–H groups in total. The van der Waals surface area contributed by atoms with Crippen LogP contribution in [0.2, 0.25) is 0 Å². The monoisotopic (exact) mass is 220 g/mol. The SMILES string of the molecule is O=C(O)c1ccccc1O.[SeH2]. The van der Waals surface area contributed by atoms with E-state index in [4.69, 9.17) is 10.2 Å². The number of carbonyl (C=O) groups is 1. The van der Waals surface area contributed by atoms with E-state index in [0.29, 0.717) is 0 Å². The number of rotatable bonds is 1. The molecule has 0 saturated carbocycles. The summed E-state index contributed by atoms with van der Waals surface area (Å²) in [6.45, 7) is 0. The van der Waals surface area contributed by atoms with E-state index in [9.17, 15) is 4.79 Å². The number of aromatic carboxylic acids is 1. The number of benzene rings is 1. The molecule has 0 saturated heterocycles. The van der Waals surface area contributed by atoms with E-state index in [1.54, 1.807) is 12.1 Å². The van der Waals surface area contributed by atoms with Crippen molar-refractivity contribution in [1.29, 1.82) is 0 Å². The van der Waals surface area contributed by atoms with Gasteiger partial charge >= 0.3 is 23.0 Å². The third-order valence-electron chi connectivity index (χ3n) is 1.13. The number of hydrogen-bond donors (Lipinski definition) is 2. The number of carboxylic acid groups (broad SMARTS) is 1. The molecule has 4 heteroatoms. The van der Waals surface area contributed by atoms with Crippen molar-refractivity contribution in [3.8, 4) is 5.75 Å². The molecule has 3 nitrogen and oxygen atoms in total. The minimum absolute atomic E-state index is 0. The van der Waals surface area contributed by atoms with Gasteiger partial charge in [0.05, 0.1) is 0 Å². The van der Waals surface area contributed by atoms with E-state index < -0.39 is 5.97 Å². The molecule has 0 aliphatic heterocycles. The molecular weight excluding hydrogens is 211 g/mol. The normalized spacial score (nSPS) is 8.36. The Kier molecular flexibility index (Phi) is 3.65. The van der Waals surface area contributed by atoms with Gasteiger partial charge in [-0.05, 0) is 12.1 Å². The van der Waals surface area contributed by atoms with Crippen LogP contribution in [0, 0.1) is 0 Å². The molecule has 0 atom stereocenters. The van der Waals surface area contributed by atoms with Crippen molar-refractivity contribution >= 4 is 23.0 Å². The van der Waals surface area contributed by atoms with Crippen LogP contribution >= 0.6 is 0 Å². The molecule has 1 aromatic carbocycles. The average Bonchev–Trinajstić information content (AvgIpc) is 1.88. The van der Waals surface area contributed by atoms with Crippen LogP contribution in [0.25, 0.3) is 0 Å². The number of para-hydroxylation sites is 1. The van der Waals surface area contributed by atoms with Gasteiger partial charge in [0.15, 0.2) is 0 Å². The average molecular weight is 219 g/mol. The summed E-state index contributed by atoms with van der Waals surface area (Å²) in [6.07, 6.45) is 0. The van der Waals surface area contributed by atoms with Crippen LogP contribution in [0.15, 0.2) is 24.3 Å². The molecule has 0 fully saturated rings. The zero-order valence-electron chi connectivity index (χ0n) is 5.61. The summed E-state index contributed by atoms with van der Waals surface area (Å²) >= 11 is 0. The van der Waals surface area contributed by atoms with Crippen LogP contribution in [-0.4, -0.2) is 33.3 Å². The van der Waals surface area contributed by atoms with Gasteiger partial charge < -0.3 is 10.2 Å². The summed E-state index contributed by atoms with van der Waals surface area (Å²) in [4.78, 5) is 10.3. The Morgan fingerprint density at radius 1 is 1.27 bits per heavy atom. The first-order valence-electron chi connectivity index (χ1n) is 2.73. The van der Waals surface area contributed by atoms with E-state index >= 15 is 0 Å². The quantitative estimate of drug-likeness (QED) is 0.662. The standard InChI is InChI=1S/C7H6O3.H2Se/c8-6-4-2-1-3-5(6)7(9)10;/h1-4,8H,(H,9,10);1H2. The van der Waals surface area contributed by atoms with Gasteiger partial charge in [-0.2, -0.15) is 0 Å². The Morgan fingerprint density at radius 3 is 2.18 bits per heavy atom. The fourth-order valence-electron chi connectivity index (χ4n) is 0.654. The molecule has 0 heterocycles. The van der Waals surface area contributed by atoms with Crippen LogP contribution in [0.3, 0.4) is 0 Å². The van der Waals surface area contributed by atoms with Crippen molar-refractivity contribution in [2.24, 2.45) is 0 Å². The van der Waals surface area contributed by atoms with Gasteiger partial charge in [-0.1, -0.05) is 12.1 Å². The molecule has 0 spiro atoms. The van der Waals surface area contributed by atoms with Crippen molar-refractivity contribution < 1.29 is 15.0 Å². The molecule has 0 aliphatic carbocycles. The van der Waals surface area contributed by atoms with Crippen molar-refractivity contribution in [3.63, 3.8) is 0 Å². The molecule has 1 rings (SSSR count). The van der Waals surface area contributed by atoms with Crippen molar-refractivity contribution in [2.45, 2.75) is 0 Å². The van der Waals surface area contributed by atoms with Crippen LogP contribution in [-0.2, 0) is 0 Å². The third-order valence-corrected chi connectivity index (χ3v) is 1.13. The van der Waals surface area contributed by atoms with E-state index in [-0.39, 0.29) is 28.4 Å². The van der Waals surface area contributed by atoms with Crippen LogP contribution in [0.1, 0.15) is 10.4 Å². The van der Waals surface area contributed by atoms with Crippen LogP contribution in [0.4, 0.5) is 0 Å². The van der Waals surface area contributed by atoms with Crippen molar-refractivity contribution in [3.05, 3.63) is 29.8 Å². The van der Waals surface area contributed by atoms with E-state index in [1.165, 1.54) is 12.1 Å². The molecule has 0 unspecified atom stereocenters. The van der Waals surface area contributed by atoms with Gasteiger partial charge in [0.25, 0.3) is 0 Å². The Hall–Kier alpha value is -0.991. The Labute approximate surface area is 74.1 Å². The first kappa shape index (κ1) is 10.0. The van der Waals surface area contributed by atoms with Crippen LogP contribution in [0.5, 0.6) is 5.75 Å². The van der Waals surface area contributed by atoms with Gasteiger partial charge in [0.1, 0.15) is 11.3 Å². The summed E-state index contributed by atoms with van der Waals surface area (Å²) in [5, 5.41) is 17.3. The van der Waals surface area contributed by atoms with Gasteiger partial charge in [-0.25, -0.2) is 4.79 Å². The van der Waals surface area contributed by atoms with Gasteiger partial charge in [-0.15, -0.1) is 0 Å². The zero-order valence-corrected chi connectivity index (χ0v) is 7.71. The summed E-state index contributed by atoms with van der Waals surface area (Å²) in [5.41, 5.74) is -0.0671. The maximum atomic E-state index is 10.3. The number of carboxylic acids is 1. The molecule has 0 aromatic heterocycles. The number of hydrogen-bond acceptors (Lipinski definition) is 2. The predicted octanol–water partition coefficient (Wildman–Crippen LogP) is 0.174. The fraction of sp³-hybridized carbons (Fsp3) is 0. The first-order chi connectivity index (χ1) is 4.72. The molecule has 1 aromatic rings. The van der Waals surface area contributed by atoms with Gasteiger partial charge in [0, 0.05) is 0 Å². The summed E-state index contributed by atoms with van der Waals surface area (Å²) in [6, 6.07) is 5.81. The molecule has 0 radical (unpaired) electrons. The molecule has 0 bridgehead atoms. The number of phenols is 1. The third kappa shape index (κ3) is 2.26.